The zero-order chi connectivity index (χ0) is 24.4. The molecular formula is C25H32Cl2N2O4. The highest BCUT2D eigenvalue weighted by Gasteiger charge is 2.29. The molecule has 0 aromatic heterocycles. The average molecular weight is 495 g/mol. The summed E-state index contributed by atoms with van der Waals surface area (Å²) in [6.07, 6.45) is 1.24. The van der Waals surface area contributed by atoms with E-state index < -0.39 is 6.04 Å². The molecular weight excluding hydrogens is 463 g/mol. The van der Waals surface area contributed by atoms with Crippen LogP contribution >= 0.6 is 23.2 Å². The molecule has 1 N–H and O–H groups in total. The fourth-order valence-corrected chi connectivity index (χ4v) is 3.83. The van der Waals surface area contributed by atoms with Crippen LogP contribution in [0, 0.1) is 0 Å². The minimum atomic E-state index is -0.603. The number of methoxy groups -OCH3 is 1. The highest BCUT2D eigenvalue weighted by molar-refractivity contribution is 6.35. The third kappa shape index (κ3) is 8.45. The molecule has 0 unspecified atom stereocenters. The third-order valence-electron chi connectivity index (χ3n) is 5.04. The molecule has 2 rings (SSSR count). The van der Waals surface area contributed by atoms with Crippen molar-refractivity contribution in [1.82, 2.24) is 10.2 Å². The van der Waals surface area contributed by atoms with Gasteiger partial charge in [-0.2, -0.15) is 0 Å². The van der Waals surface area contributed by atoms with E-state index in [-0.39, 0.29) is 30.8 Å². The Bertz CT molecular complexity index is 919. The lowest BCUT2D eigenvalue weighted by atomic mass is 10.1. The fourth-order valence-electron chi connectivity index (χ4n) is 3.36. The lowest BCUT2D eigenvalue weighted by molar-refractivity contribution is -0.141. The van der Waals surface area contributed by atoms with E-state index in [1.807, 2.05) is 45.0 Å². The van der Waals surface area contributed by atoms with Crippen molar-refractivity contribution >= 4 is 35.0 Å². The van der Waals surface area contributed by atoms with Crippen LogP contribution < -0.4 is 14.8 Å². The molecule has 0 radical (unpaired) electrons. The van der Waals surface area contributed by atoms with Gasteiger partial charge in [0, 0.05) is 29.1 Å². The Morgan fingerprint density at radius 2 is 1.73 bits per heavy atom. The Hall–Kier alpha value is -2.44. The molecule has 0 bridgehead atoms. The van der Waals surface area contributed by atoms with Gasteiger partial charge in [0.05, 0.1) is 13.7 Å². The Balaban J connectivity index is 2.08. The molecule has 8 heteroatoms. The van der Waals surface area contributed by atoms with Gasteiger partial charge in [-0.1, -0.05) is 36.2 Å². The summed E-state index contributed by atoms with van der Waals surface area (Å²) in [5.41, 5.74) is 0.736. The predicted molar refractivity (Wildman–Crippen MR) is 132 cm³/mol. The smallest absolute Gasteiger partial charge is 0.243 e. The van der Waals surface area contributed by atoms with Crippen molar-refractivity contribution in [3.8, 4) is 11.5 Å². The van der Waals surface area contributed by atoms with Gasteiger partial charge in [0.2, 0.25) is 11.8 Å². The maximum Gasteiger partial charge on any atom is 0.243 e. The van der Waals surface area contributed by atoms with Crippen LogP contribution in [0.1, 0.15) is 45.6 Å². The van der Waals surface area contributed by atoms with E-state index in [1.54, 1.807) is 30.2 Å². The highest BCUT2D eigenvalue weighted by Crippen LogP contribution is 2.24. The van der Waals surface area contributed by atoms with Crippen LogP contribution in [-0.4, -0.2) is 42.5 Å². The Labute approximate surface area is 206 Å². The number of halogens is 2. The topological polar surface area (TPSA) is 67.9 Å². The first kappa shape index (κ1) is 26.8. The number of carbonyl (C=O) groups excluding carboxylic acids is 2. The van der Waals surface area contributed by atoms with Crippen molar-refractivity contribution in [2.75, 3.05) is 13.7 Å². The molecule has 0 aliphatic heterocycles. The number of benzene rings is 2. The largest absolute Gasteiger partial charge is 0.497 e. The van der Waals surface area contributed by atoms with Gasteiger partial charge < -0.3 is 19.7 Å². The Morgan fingerprint density at radius 1 is 1.06 bits per heavy atom. The van der Waals surface area contributed by atoms with E-state index in [9.17, 15) is 9.59 Å². The van der Waals surface area contributed by atoms with Crippen molar-refractivity contribution in [1.29, 1.82) is 0 Å². The van der Waals surface area contributed by atoms with Crippen molar-refractivity contribution in [2.45, 2.75) is 58.7 Å². The number of ether oxygens (including phenoxy) is 2. The Kier molecular flexibility index (Phi) is 10.8. The minimum Gasteiger partial charge on any atom is -0.497 e. The maximum atomic E-state index is 13.2. The van der Waals surface area contributed by atoms with Crippen molar-refractivity contribution in [2.24, 2.45) is 0 Å². The summed E-state index contributed by atoms with van der Waals surface area (Å²) in [7, 11) is 1.61. The van der Waals surface area contributed by atoms with Crippen LogP contribution in [0.15, 0.2) is 42.5 Å². The first-order chi connectivity index (χ1) is 15.7. The summed E-state index contributed by atoms with van der Waals surface area (Å²) >= 11 is 12.4. The van der Waals surface area contributed by atoms with Crippen molar-refractivity contribution in [3.05, 3.63) is 58.1 Å². The van der Waals surface area contributed by atoms with Crippen LogP contribution in [0.4, 0.5) is 0 Å². The van der Waals surface area contributed by atoms with Crippen LogP contribution in [-0.2, 0) is 16.1 Å². The number of nitrogens with zero attached hydrogens (tertiary/aromatic N) is 1. The molecule has 0 saturated heterocycles. The normalized spacial score (nSPS) is 11.7. The average Bonchev–Trinajstić information content (AvgIpc) is 2.77. The standard InChI is InChI=1S/C25H32Cl2N2O4/c1-5-23(25(31)28-17(2)3)29(16-18-8-9-19(26)15-22(18)27)24(30)7-6-14-33-21-12-10-20(32-4)11-13-21/h8-13,15,17,23H,5-7,14,16H2,1-4H3,(H,28,31)/t23-/m1/s1. The summed E-state index contributed by atoms with van der Waals surface area (Å²) in [6.45, 7) is 6.27. The zero-order valence-corrected chi connectivity index (χ0v) is 21.1. The van der Waals surface area contributed by atoms with Crippen molar-refractivity contribution in [3.63, 3.8) is 0 Å². The fraction of sp³-hybridized carbons (Fsp3) is 0.440. The maximum absolute atomic E-state index is 13.2. The molecule has 0 aliphatic rings. The summed E-state index contributed by atoms with van der Waals surface area (Å²) in [5, 5.41) is 3.89. The molecule has 0 aliphatic carbocycles. The predicted octanol–water partition coefficient (Wildman–Crippen LogP) is 5.49. The van der Waals surface area contributed by atoms with Gasteiger partial charge in [-0.25, -0.2) is 0 Å². The quantitative estimate of drug-likeness (QED) is 0.396. The molecule has 0 saturated carbocycles. The van der Waals surface area contributed by atoms with E-state index in [1.165, 1.54) is 0 Å². The number of carbonyl (C=O) groups is 2. The van der Waals surface area contributed by atoms with Crippen molar-refractivity contribution < 1.29 is 19.1 Å². The summed E-state index contributed by atoms with van der Waals surface area (Å²) in [6, 6.07) is 11.8. The monoisotopic (exact) mass is 494 g/mol. The second kappa shape index (κ2) is 13.3. The van der Waals surface area contributed by atoms with E-state index in [4.69, 9.17) is 32.7 Å². The van der Waals surface area contributed by atoms with E-state index in [0.717, 1.165) is 11.3 Å². The van der Waals surface area contributed by atoms with E-state index in [0.29, 0.717) is 35.2 Å². The Morgan fingerprint density at radius 3 is 2.30 bits per heavy atom. The molecule has 6 nitrogen and oxygen atoms in total. The highest BCUT2D eigenvalue weighted by atomic mass is 35.5. The molecule has 0 heterocycles. The lowest BCUT2D eigenvalue weighted by Gasteiger charge is -2.31. The van der Waals surface area contributed by atoms with E-state index in [2.05, 4.69) is 5.32 Å². The third-order valence-corrected chi connectivity index (χ3v) is 5.62. The van der Waals surface area contributed by atoms with Crippen LogP contribution in [0.2, 0.25) is 10.0 Å². The molecule has 1 atom stereocenters. The van der Waals surface area contributed by atoms with Gasteiger partial charge in [0.1, 0.15) is 17.5 Å². The molecule has 2 aromatic carbocycles. The summed E-state index contributed by atoms with van der Waals surface area (Å²) < 4.78 is 10.9. The van der Waals surface area contributed by atoms with Gasteiger partial charge in [-0.05, 0) is 68.7 Å². The van der Waals surface area contributed by atoms with Crippen LogP contribution in [0.3, 0.4) is 0 Å². The number of hydrogen-bond donors (Lipinski definition) is 1. The first-order valence-electron chi connectivity index (χ1n) is 11.1. The van der Waals surface area contributed by atoms with Gasteiger partial charge in [0.25, 0.3) is 0 Å². The van der Waals surface area contributed by atoms with Gasteiger partial charge in [0.15, 0.2) is 0 Å². The molecule has 0 spiro atoms. The number of amides is 2. The van der Waals surface area contributed by atoms with Gasteiger partial charge in [-0.3, -0.25) is 9.59 Å². The van der Waals surface area contributed by atoms with Crippen LogP contribution in [0.25, 0.3) is 0 Å². The van der Waals surface area contributed by atoms with Gasteiger partial charge in [-0.15, -0.1) is 0 Å². The molecule has 2 amide bonds. The molecule has 33 heavy (non-hydrogen) atoms. The molecule has 0 fully saturated rings. The number of hydrogen-bond acceptors (Lipinski definition) is 4. The SMILES string of the molecule is CC[C@H](C(=O)NC(C)C)N(Cc1ccc(Cl)cc1Cl)C(=O)CCCOc1ccc(OC)cc1. The minimum absolute atomic E-state index is 0.0273. The van der Waals surface area contributed by atoms with Crippen LogP contribution in [0.5, 0.6) is 11.5 Å². The zero-order valence-electron chi connectivity index (χ0n) is 19.6. The summed E-state index contributed by atoms with van der Waals surface area (Å²) in [5.74, 6) is 1.14. The second-order valence-electron chi connectivity index (χ2n) is 7.97. The van der Waals surface area contributed by atoms with E-state index >= 15 is 0 Å². The number of rotatable bonds is 12. The molecule has 180 valence electrons. The molecule has 2 aromatic rings. The van der Waals surface area contributed by atoms with Gasteiger partial charge >= 0.3 is 0 Å². The summed E-state index contributed by atoms with van der Waals surface area (Å²) in [4.78, 5) is 27.6. The second-order valence-corrected chi connectivity index (χ2v) is 8.82. The first-order valence-corrected chi connectivity index (χ1v) is 11.8. The number of nitrogens with one attached hydrogen (secondary N) is 1. The lowest BCUT2D eigenvalue weighted by Crippen LogP contribution is -2.50.